The van der Waals surface area contributed by atoms with Crippen molar-refractivity contribution in [1.82, 2.24) is 15.1 Å². The summed E-state index contributed by atoms with van der Waals surface area (Å²) in [6.45, 7) is 5.07. The van der Waals surface area contributed by atoms with Crippen LogP contribution in [-0.4, -0.2) is 15.8 Å². The Balaban J connectivity index is 1.90. The molecular formula is C14H24ClN3. The second-order valence-electron chi connectivity index (χ2n) is 5.54. The molecule has 1 saturated carbocycles. The first-order chi connectivity index (χ1) is 8.59. The van der Waals surface area contributed by atoms with Crippen LogP contribution in [0.3, 0.4) is 0 Å². The van der Waals surface area contributed by atoms with Gasteiger partial charge in [0.1, 0.15) is 0 Å². The van der Waals surface area contributed by atoms with Gasteiger partial charge in [-0.2, -0.15) is 5.10 Å². The third kappa shape index (κ3) is 3.07. The predicted octanol–water partition coefficient (Wildman–Crippen LogP) is 3.44. The fraction of sp³-hybridized carbons (Fsp3) is 0.786. The van der Waals surface area contributed by atoms with Crippen LogP contribution in [0.1, 0.15) is 50.4 Å². The summed E-state index contributed by atoms with van der Waals surface area (Å²) in [5.74, 6) is 0.826. The summed E-state index contributed by atoms with van der Waals surface area (Å²) in [7, 11) is 1.96. The van der Waals surface area contributed by atoms with Crippen molar-refractivity contribution in [3.63, 3.8) is 0 Å². The van der Waals surface area contributed by atoms with Gasteiger partial charge in [0.25, 0.3) is 0 Å². The lowest BCUT2D eigenvalue weighted by atomic mass is 9.84. The Labute approximate surface area is 115 Å². The van der Waals surface area contributed by atoms with Gasteiger partial charge in [0.15, 0.2) is 0 Å². The van der Waals surface area contributed by atoms with Gasteiger partial charge >= 0.3 is 0 Å². The molecule has 1 aromatic heterocycles. The first-order valence-corrected chi connectivity index (χ1v) is 7.38. The molecule has 0 aromatic carbocycles. The lowest BCUT2D eigenvalue weighted by molar-refractivity contribution is 0.279. The smallest absolute Gasteiger partial charge is 0.0860 e. The number of hydrogen-bond acceptors (Lipinski definition) is 2. The van der Waals surface area contributed by atoms with Crippen molar-refractivity contribution in [3.05, 3.63) is 16.4 Å². The summed E-state index contributed by atoms with van der Waals surface area (Å²) in [4.78, 5) is 0. The van der Waals surface area contributed by atoms with Crippen molar-refractivity contribution < 1.29 is 0 Å². The fourth-order valence-corrected chi connectivity index (χ4v) is 3.16. The summed E-state index contributed by atoms with van der Waals surface area (Å²) in [5.41, 5.74) is 2.01. The highest BCUT2D eigenvalue weighted by atomic mass is 35.5. The molecule has 1 fully saturated rings. The van der Waals surface area contributed by atoms with Gasteiger partial charge in [-0.05, 0) is 32.6 Å². The zero-order chi connectivity index (χ0) is 13.1. The summed E-state index contributed by atoms with van der Waals surface area (Å²) >= 11 is 6.26. The highest BCUT2D eigenvalue weighted by molar-refractivity contribution is 6.31. The molecule has 0 amide bonds. The highest BCUT2D eigenvalue weighted by Gasteiger charge is 2.20. The maximum absolute atomic E-state index is 6.26. The maximum Gasteiger partial charge on any atom is 0.0860 e. The van der Waals surface area contributed by atoms with Crippen LogP contribution >= 0.6 is 11.6 Å². The molecule has 102 valence electrons. The highest BCUT2D eigenvalue weighted by Crippen LogP contribution is 2.27. The number of rotatable bonds is 4. The monoisotopic (exact) mass is 269 g/mol. The van der Waals surface area contributed by atoms with Crippen LogP contribution in [0.15, 0.2) is 0 Å². The van der Waals surface area contributed by atoms with E-state index in [1.54, 1.807) is 0 Å². The zero-order valence-electron chi connectivity index (χ0n) is 11.7. The van der Waals surface area contributed by atoms with Crippen LogP contribution in [0.25, 0.3) is 0 Å². The van der Waals surface area contributed by atoms with Crippen LogP contribution in [-0.2, 0) is 13.6 Å². The second kappa shape index (κ2) is 6.07. The molecule has 0 aliphatic heterocycles. The normalized spacial score (nSPS) is 19.1. The largest absolute Gasteiger partial charge is 0.308 e. The average molecular weight is 270 g/mol. The topological polar surface area (TPSA) is 29.9 Å². The SMILES string of the molecule is Cc1nn(C)c(CN[C@H](C)C2CCCCC2)c1Cl. The Morgan fingerprint density at radius 3 is 2.61 bits per heavy atom. The minimum Gasteiger partial charge on any atom is -0.308 e. The van der Waals surface area contributed by atoms with Crippen LogP contribution in [0.5, 0.6) is 0 Å². The van der Waals surface area contributed by atoms with Gasteiger partial charge in [0.2, 0.25) is 0 Å². The third-order valence-corrected chi connectivity index (χ3v) is 4.70. The van der Waals surface area contributed by atoms with E-state index in [0.717, 1.165) is 28.9 Å². The number of nitrogens with one attached hydrogen (secondary N) is 1. The van der Waals surface area contributed by atoms with Gasteiger partial charge < -0.3 is 5.32 Å². The summed E-state index contributed by atoms with van der Waals surface area (Å²) in [5, 5.41) is 8.77. The van der Waals surface area contributed by atoms with Gasteiger partial charge in [-0.15, -0.1) is 0 Å². The van der Waals surface area contributed by atoms with Crippen molar-refractivity contribution in [2.75, 3.05) is 0 Å². The molecule has 0 unspecified atom stereocenters. The molecule has 3 nitrogen and oxygen atoms in total. The molecule has 1 N–H and O–H groups in total. The van der Waals surface area contributed by atoms with Crippen LogP contribution < -0.4 is 5.32 Å². The van der Waals surface area contributed by atoms with E-state index in [1.807, 2.05) is 18.7 Å². The molecule has 4 heteroatoms. The third-order valence-electron chi connectivity index (χ3n) is 4.21. The molecule has 1 atom stereocenters. The minimum atomic E-state index is 0.566. The molecule has 1 heterocycles. The van der Waals surface area contributed by atoms with Crippen molar-refractivity contribution in [3.8, 4) is 0 Å². The van der Waals surface area contributed by atoms with Crippen LogP contribution in [0, 0.1) is 12.8 Å². The predicted molar refractivity (Wildman–Crippen MR) is 75.8 cm³/mol. The molecule has 1 aromatic rings. The number of aromatic nitrogens is 2. The molecule has 1 aliphatic rings. The van der Waals surface area contributed by atoms with Gasteiger partial charge in [0, 0.05) is 19.6 Å². The standard InChI is InChI=1S/C14H24ClN3/c1-10(12-7-5-4-6-8-12)16-9-13-14(15)11(2)17-18(13)3/h10,12,16H,4-9H2,1-3H3/t10-/m1/s1. The van der Waals surface area contributed by atoms with E-state index in [9.17, 15) is 0 Å². The number of hydrogen-bond donors (Lipinski definition) is 1. The molecule has 0 saturated heterocycles. The van der Waals surface area contributed by atoms with Crippen molar-refractivity contribution in [2.24, 2.45) is 13.0 Å². The Bertz CT molecular complexity index is 394. The van der Waals surface area contributed by atoms with Gasteiger partial charge in [0.05, 0.1) is 16.4 Å². The Morgan fingerprint density at radius 1 is 1.39 bits per heavy atom. The second-order valence-corrected chi connectivity index (χ2v) is 5.92. The lowest BCUT2D eigenvalue weighted by Crippen LogP contribution is -2.34. The zero-order valence-corrected chi connectivity index (χ0v) is 12.4. The number of halogens is 1. The molecule has 0 spiro atoms. The first-order valence-electron chi connectivity index (χ1n) is 7.01. The molecule has 1 aliphatic carbocycles. The first kappa shape index (κ1) is 13.9. The average Bonchev–Trinajstić information content (AvgIpc) is 2.62. The van der Waals surface area contributed by atoms with Gasteiger partial charge in [-0.3, -0.25) is 4.68 Å². The number of nitrogens with zero attached hydrogens (tertiary/aromatic N) is 2. The van der Waals surface area contributed by atoms with E-state index in [0.29, 0.717) is 6.04 Å². The molecule has 18 heavy (non-hydrogen) atoms. The van der Waals surface area contributed by atoms with Crippen LogP contribution in [0.4, 0.5) is 0 Å². The summed E-state index contributed by atoms with van der Waals surface area (Å²) < 4.78 is 1.89. The van der Waals surface area contributed by atoms with Crippen LogP contribution in [0.2, 0.25) is 5.02 Å². The maximum atomic E-state index is 6.26. The Hall–Kier alpha value is -0.540. The fourth-order valence-electron chi connectivity index (χ4n) is 2.93. The van der Waals surface area contributed by atoms with E-state index in [2.05, 4.69) is 17.3 Å². The van der Waals surface area contributed by atoms with Gasteiger partial charge in [-0.25, -0.2) is 0 Å². The molecule has 0 radical (unpaired) electrons. The Kier molecular flexibility index (Phi) is 4.68. The molecule has 2 rings (SSSR count). The Morgan fingerprint density at radius 2 is 2.06 bits per heavy atom. The van der Waals surface area contributed by atoms with E-state index >= 15 is 0 Å². The van der Waals surface area contributed by atoms with Crippen molar-refractivity contribution in [2.45, 2.75) is 58.5 Å². The van der Waals surface area contributed by atoms with E-state index in [1.165, 1.54) is 32.1 Å². The summed E-state index contributed by atoms with van der Waals surface area (Å²) in [6.07, 6.45) is 6.93. The number of aryl methyl sites for hydroxylation is 2. The van der Waals surface area contributed by atoms with Gasteiger partial charge in [-0.1, -0.05) is 30.9 Å². The quantitative estimate of drug-likeness (QED) is 0.907. The minimum absolute atomic E-state index is 0.566. The van der Waals surface area contributed by atoms with E-state index in [4.69, 9.17) is 11.6 Å². The van der Waals surface area contributed by atoms with Crippen molar-refractivity contribution >= 4 is 11.6 Å². The van der Waals surface area contributed by atoms with E-state index < -0.39 is 0 Å². The van der Waals surface area contributed by atoms with Crippen molar-refractivity contribution in [1.29, 1.82) is 0 Å². The summed E-state index contributed by atoms with van der Waals surface area (Å²) in [6, 6.07) is 0.566. The lowest BCUT2D eigenvalue weighted by Gasteiger charge is -2.28. The van der Waals surface area contributed by atoms with E-state index in [-0.39, 0.29) is 0 Å². The molecule has 0 bridgehead atoms. The molecular weight excluding hydrogens is 246 g/mol.